The number of halogens is 1. The Kier molecular flexibility index (Phi) is 6.75. The summed E-state index contributed by atoms with van der Waals surface area (Å²) < 4.78 is 17.7. The number of nitrogens with zero attached hydrogens (tertiary/aromatic N) is 2. The van der Waals surface area contributed by atoms with Crippen molar-refractivity contribution in [2.75, 3.05) is 5.75 Å². The standard InChI is InChI=1S/C22H18ClN3O7S/c23-15-12-34(32)21-17(24-16(27)11-13-7-3-1-4-8-13)19(28)25(21)18(15)22(29)33-20(26(30)31)14-9-5-2-6-10-14/h1-10,17,20-21H,11-12H2,(H,24,27)/t17?,20?,21-,34?/m0/s1. The summed E-state index contributed by atoms with van der Waals surface area (Å²) in [5, 5.41) is 12.8. The zero-order valence-electron chi connectivity index (χ0n) is 17.5. The Morgan fingerprint density at radius 1 is 1.18 bits per heavy atom. The zero-order chi connectivity index (χ0) is 24.4. The summed E-state index contributed by atoms with van der Waals surface area (Å²) in [6.07, 6.45) is -1.81. The molecule has 2 aliphatic rings. The summed E-state index contributed by atoms with van der Waals surface area (Å²) >= 11 is 6.14. The van der Waals surface area contributed by atoms with Crippen LogP contribution in [-0.4, -0.2) is 49.0 Å². The monoisotopic (exact) mass is 503 g/mol. The first-order valence-corrected chi connectivity index (χ1v) is 11.9. The predicted octanol–water partition coefficient (Wildman–Crippen LogP) is 1.61. The van der Waals surface area contributed by atoms with Gasteiger partial charge >= 0.3 is 12.2 Å². The largest absolute Gasteiger partial charge is 0.389 e. The van der Waals surface area contributed by atoms with E-state index < -0.39 is 56.8 Å². The van der Waals surface area contributed by atoms with Crippen molar-refractivity contribution in [1.29, 1.82) is 0 Å². The van der Waals surface area contributed by atoms with Gasteiger partial charge in [0, 0.05) is 0 Å². The predicted molar refractivity (Wildman–Crippen MR) is 121 cm³/mol. The molecule has 2 aromatic carbocycles. The number of carbonyl (C=O) groups excluding carboxylic acids is 3. The second-order valence-electron chi connectivity index (χ2n) is 7.54. The Morgan fingerprint density at radius 2 is 1.79 bits per heavy atom. The highest BCUT2D eigenvalue weighted by Crippen LogP contribution is 2.37. The number of ether oxygens (including phenoxy) is 1. The third-order valence-corrected chi connectivity index (χ3v) is 7.36. The molecule has 1 N–H and O–H groups in total. The van der Waals surface area contributed by atoms with Crippen LogP contribution in [0.25, 0.3) is 0 Å². The van der Waals surface area contributed by atoms with E-state index in [4.69, 9.17) is 16.3 Å². The van der Waals surface area contributed by atoms with Gasteiger partial charge in [0.15, 0.2) is 0 Å². The number of esters is 1. The number of carbonyl (C=O) groups is 3. The van der Waals surface area contributed by atoms with Crippen molar-refractivity contribution in [3.63, 3.8) is 0 Å². The Hall–Kier alpha value is -3.57. The van der Waals surface area contributed by atoms with Crippen LogP contribution in [0.2, 0.25) is 0 Å². The number of nitro groups is 1. The summed E-state index contributed by atoms with van der Waals surface area (Å²) in [5.74, 6) is -2.62. The molecule has 12 heteroatoms. The molecule has 4 rings (SSSR count). The van der Waals surface area contributed by atoms with Gasteiger partial charge in [-0.1, -0.05) is 60.1 Å². The maximum Gasteiger partial charge on any atom is 0.383 e. The van der Waals surface area contributed by atoms with Gasteiger partial charge in [0.05, 0.1) is 38.5 Å². The molecule has 176 valence electrons. The molecule has 2 amide bonds. The van der Waals surface area contributed by atoms with E-state index in [-0.39, 0.29) is 22.8 Å². The summed E-state index contributed by atoms with van der Waals surface area (Å²) in [6.45, 7) is 0. The molecule has 4 atom stereocenters. The van der Waals surface area contributed by atoms with Crippen molar-refractivity contribution in [3.05, 3.63) is 92.6 Å². The summed E-state index contributed by atoms with van der Waals surface area (Å²) in [7, 11) is -1.71. The third-order valence-electron chi connectivity index (χ3n) is 5.29. The molecule has 2 heterocycles. The highest BCUT2D eigenvalue weighted by atomic mass is 35.5. The molecule has 1 fully saturated rings. The quantitative estimate of drug-likeness (QED) is 0.199. The van der Waals surface area contributed by atoms with Crippen LogP contribution in [0, 0.1) is 10.1 Å². The topological polar surface area (TPSA) is 136 Å². The average molecular weight is 504 g/mol. The molecule has 2 aliphatic heterocycles. The first-order valence-electron chi connectivity index (χ1n) is 10.1. The summed E-state index contributed by atoms with van der Waals surface area (Å²) in [5.41, 5.74) is 0.439. The van der Waals surface area contributed by atoms with Gasteiger partial charge in [-0.15, -0.1) is 0 Å². The number of benzene rings is 2. The molecule has 0 bridgehead atoms. The van der Waals surface area contributed by atoms with Crippen LogP contribution in [0.4, 0.5) is 0 Å². The molecule has 3 unspecified atom stereocenters. The molecule has 0 aromatic heterocycles. The van der Waals surface area contributed by atoms with Gasteiger partial charge in [-0.05, 0) is 17.7 Å². The minimum absolute atomic E-state index is 0.0110. The summed E-state index contributed by atoms with van der Waals surface area (Å²) in [4.78, 5) is 49.7. The lowest BCUT2D eigenvalue weighted by Crippen LogP contribution is -2.73. The number of hydrogen-bond acceptors (Lipinski definition) is 7. The number of fused-ring (bicyclic) bond motifs is 1. The Balaban J connectivity index is 1.50. The number of nitrogens with one attached hydrogen (secondary N) is 1. The molecule has 0 saturated carbocycles. The second-order valence-corrected chi connectivity index (χ2v) is 9.53. The van der Waals surface area contributed by atoms with Crippen LogP contribution < -0.4 is 5.32 Å². The molecule has 0 spiro atoms. The van der Waals surface area contributed by atoms with Gasteiger partial charge in [-0.2, -0.15) is 0 Å². The fraction of sp³-hybridized carbons (Fsp3) is 0.227. The maximum absolute atomic E-state index is 12.9. The molecule has 2 aromatic rings. The van der Waals surface area contributed by atoms with E-state index >= 15 is 0 Å². The lowest BCUT2D eigenvalue weighted by atomic mass is 10.0. The molecule has 0 aliphatic carbocycles. The van der Waals surface area contributed by atoms with Crippen LogP contribution in [0.5, 0.6) is 0 Å². The molecular formula is C22H18ClN3O7S. The normalized spacial score (nSPS) is 22.3. The van der Waals surface area contributed by atoms with E-state index in [9.17, 15) is 28.7 Å². The Bertz CT molecular complexity index is 1210. The second kappa shape index (κ2) is 9.74. The van der Waals surface area contributed by atoms with Crippen molar-refractivity contribution in [3.8, 4) is 0 Å². The van der Waals surface area contributed by atoms with E-state index in [0.717, 1.165) is 10.5 Å². The van der Waals surface area contributed by atoms with Gasteiger partial charge in [-0.3, -0.25) is 28.8 Å². The summed E-state index contributed by atoms with van der Waals surface area (Å²) in [6, 6.07) is 15.3. The minimum Gasteiger partial charge on any atom is -0.389 e. The van der Waals surface area contributed by atoms with Gasteiger partial charge in [0.1, 0.15) is 17.1 Å². The van der Waals surface area contributed by atoms with Gasteiger partial charge in [0.25, 0.3) is 5.91 Å². The van der Waals surface area contributed by atoms with Crippen LogP contribution in [0.15, 0.2) is 71.4 Å². The van der Waals surface area contributed by atoms with E-state index in [2.05, 4.69) is 5.32 Å². The average Bonchev–Trinajstić information content (AvgIpc) is 2.81. The third kappa shape index (κ3) is 4.57. The van der Waals surface area contributed by atoms with E-state index in [1.807, 2.05) is 0 Å². The van der Waals surface area contributed by atoms with Gasteiger partial charge < -0.3 is 10.1 Å². The van der Waals surface area contributed by atoms with Crippen molar-refractivity contribution < 1.29 is 28.3 Å². The van der Waals surface area contributed by atoms with E-state index in [0.29, 0.717) is 0 Å². The van der Waals surface area contributed by atoms with E-state index in [1.165, 1.54) is 12.1 Å². The van der Waals surface area contributed by atoms with Crippen molar-refractivity contribution in [2.24, 2.45) is 0 Å². The fourth-order valence-electron chi connectivity index (χ4n) is 3.74. The van der Waals surface area contributed by atoms with Crippen molar-refractivity contribution >= 4 is 40.2 Å². The van der Waals surface area contributed by atoms with Crippen molar-refractivity contribution in [2.45, 2.75) is 24.1 Å². The fourth-order valence-corrected chi connectivity index (χ4v) is 5.72. The highest BCUT2D eigenvalue weighted by molar-refractivity contribution is 7.86. The van der Waals surface area contributed by atoms with Gasteiger partial charge in [0.2, 0.25) is 5.91 Å². The maximum atomic E-state index is 12.9. The number of rotatable bonds is 7. The lowest BCUT2D eigenvalue weighted by molar-refractivity contribution is -0.575. The Morgan fingerprint density at radius 3 is 2.41 bits per heavy atom. The molecule has 34 heavy (non-hydrogen) atoms. The van der Waals surface area contributed by atoms with Crippen LogP contribution in [0.1, 0.15) is 17.4 Å². The molecule has 1 saturated heterocycles. The van der Waals surface area contributed by atoms with Gasteiger partial charge in [-0.25, -0.2) is 4.79 Å². The molecular weight excluding hydrogens is 486 g/mol. The SMILES string of the molecule is O=C(Cc1ccccc1)NC1C(=O)N2C(C(=O)OC(c3ccccc3)[N+](=O)[O-])=C(Cl)CS(=O)[C@@H]12. The van der Waals surface area contributed by atoms with E-state index in [1.54, 1.807) is 48.5 Å². The number of amides is 2. The van der Waals surface area contributed by atoms with Crippen molar-refractivity contribution in [1.82, 2.24) is 10.2 Å². The van der Waals surface area contributed by atoms with Crippen LogP contribution in [-0.2, 0) is 36.3 Å². The van der Waals surface area contributed by atoms with Crippen LogP contribution >= 0.6 is 11.6 Å². The molecule has 0 radical (unpaired) electrons. The highest BCUT2D eigenvalue weighted by Gasteiger charge is 2.57. The molecule has 10 nitrogen and oxygen atoms in total. The first-order chi connectivity index (χ1) is 16.3. The minimum atomic E-state index is -1.82. The zero-order valence-corrected chi connectivity index (χ0v) is 19.0. The first kappa shape index (κ1) is 23.6. The van der Waals surface area contributed by atoms with Crippen LogP contribution in [0.3, 0.4) is 0 Å². The number of hydrogen-bond donors (Lipinski definition) is 1. The lowest BCUT2D eigenvalue weighted by Gasteiger charge is -2.48. The number of β-lactam (4-membered cyclic amide) rings is 1. The smallest absolute Gasteiger partial charge is 0.383 e. The Labute approximate surface area is 201 Å².